The van der Waals surface area contributed by atoms with Crippen molar-refractivity contribution in [3.05, 3.63) is 0 Å². The molecule has 0 spiro atoms. The van der Waals surface area contributed by atoms with Gasteiger partial charge in [-0.15, -0.1) is 0 Å². The first kappa shape index (κ1) is 32.4. The van der Waals surface area contributed by atoms with Crippen molar-refractivity contribution < 1.29 is 33.7 Å². The summed E-state index contributed by atoms with van der Waals surface area (Å²) in [5.41, 5.74) is -0.443. The van der Waals surface area contributed by atoms with Gasteiger partial charge in [0.25, 0.3) is 0 Å². The summed E-state index contributed by atoms with van der Waals surface area (Å²) in [6.07, 6.45) is 10.6. The van der Waals surface area contributed by atoms with E-state index in [0.29, 0.717) is 38.9 Å². The van der Waals surface area contributed by atoms with Crippen molar-refractivity contribution in [2.75, 3.05) is 13.2 Å². The van der Waals surface area contributed by atoms with Crippen LogP contribution in [0.25, 0.3) is 0 Å². The lowest BCUT2D eigenvalue weighted by Gasteiger charge is -2.30. The Morgan fingerprint density at radius 3 is 1.44 bits per heavy atom. The summed E-state index contributed by atoms with van der Waals surface area (Å²) in [6, 6.07) is 0. The monoisotopic (exact) mass is 460 g/mol. The molecule has 0 aliphatic carbocycles. The van der Waals surface area contributed by atoms with Gasteiger partial charge in [-0.1, -0.05) is 60.3 Å². The van der Waals surface area contributed by atoms with Crippen LogP contribution in [0.5, 0.6) is 0 Å². The second-order valence-electron chi connectivity index (χ2n) is 8.07. The van der Waals surface area contributed by atoms with Crippen LogP contribution in [-0.2, 0) is 23.8 Å². The van der Waals surface area contributed by atoms with Gasteiger partial charge in [0.1, 0.15) is 5.60 Å². The summed E-state index contributed by atoms with van der Waals surface area (Å²) in [7, 11) is 0. The quantitative estimate of drug-likeness (QED) is 0.133. The van der Waals surface area contributed by atoms with Crippen LogP contribution in [0.2, 0.25) is 0 Å². The van der Waals surface area contributed by atoms with E-state index < -0.39 is 11.8 Å². The minimum absolute atomic E-state index is 0.164. The molecule has 1 N–H and O–H groups in total. The molecule has 190 valence electrons. The van der Waals surface area contributed by atoms with E-state index in [1.165, 1.54) is 0 Å². The predicted octanol–water partition coefficient (Wildman–Crippen LogP) is 7.05. The molecule has 0 aliphatic heterocycles. The molecule has 32 heavy (non-hydrogen) atoms. The smallest absolute Gasteiger partial charge is 0.466 e. The Bertz CT molecular complexity index is 449. The Balaban J connectivity index is 0. The fraction of sp³-hybridized carbons (Fsp3) is 0.880. The first-order valence-electron chi connectivity index (χ1n) is 12.5. The molecule has 0 aromatic heterocycles. The lowest BCUT2D eigenvalue weighted by molar-refractivity contribution is -0.146. The molecule has 0 unspecified atom stereocenters. The van der Waals surface area contributed by atoms with Crippen molar-refractivity contribution in [1.29, 1.82) is 0 Å². The van der Waals surface area contributed by atoms with Crippen LogP contribution in [0.3, 0.4) is 0 Å². The number of ether oxygens (including phenoxy) is 3. The molecule has 0 heterocycles. The fourth-order valence-corrected chi connectivity index (χ4v) is 3.03. The maximum absolute atomic E-state index is 11.2. The molecule has 7 heteroatoms. The zero-order valence-electron chi connectivity index (χ0n) is 21.2. The first-order valence-corrected chi connectivity index (χ1v) is 12.5. The van der Waals surface area contributed by atoms with E-state index in [1.807, 2.05) is 13.8 Å². The molecule has 0 aromatic rings. The summed E-state index contributed by atoms with van der Waals surface area (Å²) >= 11 is 0. The van der Waals surface area contributed by atoms with E-state index in [0.717, 1.165) is 64.2 Å². The molecule has 0 atom stereocenters. The van der Waals surface area contributed by atoms with Crippen molar-refractivity contribution in [2.45, 2.75) is 130 Å². The highest BCUT2D eigenvalue weighted by atomic mass is 16.7. The normalized spacial score (nSPS) is 10.7. The number of esters is 2. The maximum Gasteiger partial charge on any atom is 0.506 e. The Kier molecular flexibility index (Phi) is 22.7. The molecule has 0 fully saturated rings. The van der Waals surface area contributed by atoms with Crippen molar-refractivity contribution in [2.24, 2.45) is 0 Å². The summed E-state index contributed by atoms with van der Waals surface area (Å²) < 4.78 is 15.0. The SMILES string of the molecule is CCCCCC(CC)(CC)OC(=O)O.CCCCOC(=O)CCCCC(=O)OCCCC. The van der Waals surface area contributed by atoms with E-state index in [-0.39, 0.29) is 11.9 Å². The summed E-state index contributed by atoms with van der Waals surface area (Å²) in [4.78, 5) is 33.0. The zero-order valence-corrected chi connectivity index (χ0v) is 21.2. The predicted molar refractivity (Wildman–Crippen MR) is 127 cm³/mol. The average molecular weight is 461 g/mol. The molecule has 7 nitrogen and oxygen atoms in total. The van der Waals surface area contributed by atoms with Gasteiger partial charge in [0.2, 0.25) is 0 Å². The van der Waals surface area contributed by atoms with Gasteiger partial charge in [0.15, 0.2) is 0 Å². The van der Waals surface area contributed by atoms with E-state index >= 15 is 0 Å². The lowest BCUT2D eigenvalue weighted by Crippen LogP contribution is -2.33. The molecular formula is C25H48O7. The van der Waals surface area contributed by atoms with Crippen LogP contribution in [0.15, 0.2) is 0 Å². The van der Waals surface area contributed by atoms with Crippen molar-refractivity contribution in [3.8, 4) is 0 Å². The van der Waals surface area contributed by atoms with Gasteiger partial charge in [-0.3, -0.25) is 9.59 Å². The van der Waals surface area contributed by atoms with Gasteiger partial charge >= 0.3 is 18.1 Å². The number of hydrogen-bond donors (Lipinski definition) is 1. The van der Waals surface area contributed by atoms with E-state index in [2.05, 4.69) is 20.8 Å². The van der Waals surface area contributed by atoms with Crippen molar-refractivity contribution in [3.63, 3.8) is 0 Å². The summed E-state index contributed by atoms with van der Waals surface area (Å²) in [5.74, 6) is -0.328. The van der Waals surface area contributed by atoms with E-state index in [1.54, 1.807) is 0 Å². The van der Waals surface area contributed by atoms with Gasteiger partial charge in [-0.05, 0) is 51.4 Å². The third-order valence-electron chi connectivity index (χ3n) is 5.36. The molecule has 0 aliphatic rings. The van der Waals surface area contributed by atoms with Crippen molar-refractivity contribution >= 4 is 18.1 Å². The second kappa shape index (κ2) is 22.4. The maximum atomic E-state index is 11.2. The zero-order chi connectivity index (χ0) is 24.7. The van der Waals surface area contributed by atoms with Gasteiger partial charge in [0.05, 0.1) is 13.2 Å². The van der Waals surface area contributed by atoms with Crippen LogP contribution >= 0.6 is 0 Å². The molecule has 0 rings (SSSR count). The third kappa shape index (κ3) is 20.1. The minimum atomic E-state index is -1.15. The molecule has 0 saturated carbocycles. The molecule has 0 amide bonds. The summed E-state index contributed by atoms with van der Waals surface area (Å²) in [5, 5.41) is 8.65. The van der Waals surface area contributed by atoms with Crippen molar-refractivity contribution in [1.82, 2.24) is 0 Å². The average Bonchev–Trinajstić information content (AvgIpc) is 2.76. The number of carboxylic acid groups (broad SMARTS) is 1. The van der Waals surface area contributed by atoms with E-state index in [4.69, 9.17) is 19.3 Å². The Labute approximate surface area is 195 Å². The topological polar surface area (TPSA) is 99.1 Å². The Morgan fingerprint density at radius 1 is 0.656 bits per heavy atom. The van der Waals surface area contributed by atoms with Gasteiger partial charge in [0, 0.05) is 12.8 Å². The van der Waals surface area contributed by atoms with E-state index in [9.17, 15) is 14.4 Å². The Hall–Kier alpha value is -1.79. The van der Waals surface area contributed by atoms with Crippen LogP contribution in [0.1, 0.15) is 125 Å². The fourth-order valence-electron chi connectivity index (χ4n) is 3.03. The van der Waals surface area contributed by atoms with Crippen LogP contribution in [0.4, 0.5) is 4.79 Å². The number of hydrogen-bond acceptors (Lipinski definition) is 6. The van der Waals surface area contributed by atoms with Gasteiger partial charge < -0.3 is 19.3 Å². The molecular weight excluding hydrogens is 412 g/mol. The molecule has 0 bridgehead atoms. The minimum Gasteiger partial charge on any atom is -0.466 e. The highest BCUT2D eigenvalue weighted by Crippen LogP contribution is 2.27. The second-order valence-corrected chi connectivity index (χ2v) is 8.07. The third-order valence-corrected chi connectivity index (χ3v) is 5.36. The standard InChI is InChI=1S/C14H26O4.C11H22O3/c1-3-5-11-17-13(15)9-7-8-10-14(16)18-12-6-4-2;1-4-7-8-9-11(5-2,6-3)14-10(12)13/h3-12H2,1-2H3;4-9H2,1-3H3,(H,12,13). The molecule has 0 radical (unpaired) electrons. The number of carbonyl (C=O) groups is 3. The number of carbonyl (C=O) groups excluding carboxylic acids is 2. The Morgan fingerprint density at radius 2 is 1.09 bits per heavy atom. The number of unbranched alkanes of at least 4 members (excludes halogenated alkanes) is 5. The summed E-state index contributed by atoms with van der Waals surface area (Å²) in [6.45, 7) is 11.2. The first-order chi connectivity index (χ1) is 15.3. The van der Waals surface area contributed by atoms with Crippen LogP contribution < -0.4 is 0 Å². The van der Waals surface area contributed by atoms with Gasteiger partial charge in [-0.25, -0.2) is 4.79 Å². The largest absolute Gasteiger partial charge is 0.506 e. The molecule has 0 aromatic carbocycles. The lowest BCUT2D eigenvalue weighted by atomic mass is 9.90. The van der Waals surface area contributed by atoms with Crippen LogP contribution in [0, 0.1) is 0 Å². The van der Waals surface area contributed by atoms with Gasteiger partial charge in [-0.2, -0.15) is 0 Å². The van der Waals surface area contributed by atoms with Crippen LogP contribution in [-0.4, -0.2) is 42.0 Å². The highest BCUT2D eigenvalue weighted by Gasteiger charge is 2.29. The highest BCUT2D eigenvalue weighted by molar-refractivity contribution is 5.70. The molecule has 0 saturated heterocycles. The number of rotatable bonds is 18.